The van der Waals surface area contributed by atoms with E-state index in [4.69, 9.17) is 9.47 Å². The van der Waals surface area contributed by atoms with Crippen LogP contribution in [0.15, 0.2) is 42.7 Å². The third-order valence-corrected chi connectivity index (χ3v) is 6.69. The van der Waals surface area contributed by atoms with Gasteiger partial charge in [0.2, 0.25) is 11.8 Å². The van der Waals surface area contributed by atoms with E-state index in [1.807, 2.05) is 19.1 Å². The monoisotopic (exact) mass is 497 g/mol. The Balaban J connectivity index is 1.46. The molecule has 1 aromatic carbocycles. The standard InChI is InChI=1S/C26H26BN6O4/c1-26(15-34)14-33(27-16-35)23-18(13-28)11-17(12-20(23)26)21-4-8-30-25(31-21)32-22-3-2-7-29-24(22)37-19-5-9-36-10-6-19/h2-4,7-8,11-12,16,19,34H,5-6,9-10,14-15H2,1H3,(H,30,31,32)/t26-/m1/s1. The minimum Gasteiger partial charge on any atom is -0.473 e. The molecule has 0 unspecified atom stereocenters. The summed E-state index contributed by atoms with van der Waals surface area (Å²) in [6, 6.07) is 11.3. The van der Waals surface area contributed by atoms with Gasteiger partial charge in [-0.05, 0) is 35.9 Å². The normalized spacial score (nSPS) is 19.1. The fourth-order valence-corrected chi connectivity index (χ4v) is 4.74. The summed E-state index contributed by atoms with van der Waals surface area (Å²) in [5.74, 6) is 0.820. The Morgan fingerprint density at radius 1 is 1.32 bits per heavy atom. The van der Waals surface area contributed by atoms with Gasteiger partial charge < -0.3 is 29.5 Å². The highest BCUT2D eigenvalue weighted by atomic mass is 16.5. The number of carbonyl (C=O) groups excluding carboxylic acids is 1. The molecule has 187 valence electrons. The summed E-state index contributed by atoms with van der Waals surface area (Å²) < 4.78 is 11.5. The molecule has 37 heavy (non-hydrogen) atoms. The zero-order valence-electron chi connectivity index (χ0n) is 20.4. The van der Waals surface area contributed by atoms with E-state index in [9.17, 15) is 15.2 Å². The molecule has 0 bridgehead atoms. The lowest BCUT2D eigenvalue weighted by Gasteiger charge is -2.23. The molecule has 0 spiro atoms. The molecule has 10 nitrogen and oxygen atoms in total. The van der Waals surface area contributed by atoms with Crippen molar-refractivity contribution in [1.82, 2.24) is 15.0 Å². The van der Waals surface area contributed by atoms with Gasteiger partial charge in [0, 0.05) is 48.4 Å². The molecule has 0 aliphatic carbocycles. The number of carbonyl (C=O) groups is 1. The molecule has 2 aromatic heterocycles. The van der Waals surface area contributed by atoms with Crippen LogP contribution in [0.4, 0.5) is 17.3 Å². The summed E-state index contributed by atoms with van der Waals surface area (Å²) in [4.78, 5) is 26.3. The maximum Gasteiger partial charge on any atom is 0.329 e. The lowest BCUT2D eigenvalue weighted by molar-refractivity contribution is 0.0240. The molecule has 1 saturated heterocycles. The van der Waals surface area contributed by atoms with Crippen LogP contribution in [0.3, 0.4) is 0 Å². The van der Waals surface area contributed by atoms with Crippen LogP contribution in [0.2, 0.25) is 0 Å². The van der Waals surface area contributed by atoms with Gasteiger partial charge in [0.1, 0.15) is 24.0 Å². The molecule has 0 saturated carbocycles. The van der Waals surface area contributed by atoms with Gasteiger partial charge in [0.25, 0.3) is 0 Å². The molecule has 2 aliphatic heterocycles. The van der Waals surface area contributed by atoms with Crippen LogP contribution in [0.5, 0.6) is 5.88 Å². The van der Waals surface area contributed by atoms with E-state index in [0.29, 0.717) is 66.0 Å². The van der Waals surface area contributed by atoms with Crippen molar-refractivity contribution in [2.45, 2.75) is 31.3 Å². The average molecular weight is 497 g/mol. The Labute approximate surface area is 215 Å². The van der Waals surface area contributed by atoms with E-state index in [1.165, 1.54) is 7.41 Å². The van der Waals surface area contributed by atoms with Crippen molar-refractivity contribution in [3.63, 3.8) is 0 Å². The Bertz CT molecular complexity index is 1340. The van der Waals surface area contributed by atoms with Gasteiger partial charge in [0.15, 0.2) is 0 Å². The van der Waals surface area contributed by atoms with Gasteiger partial charge in [-0.2, -0.15) is 5.26 Å². The van der Waals surface area contributed by atoms with Crippen molar-refractivity contribution in [3.05, 3.63) is 53.9 Å². The number of fused-ring (bicyclic) bond motifs is 1. The number of aliphatic hydroxyl groups excluding tert-OH is 1. The van der Waals surface area contributed by atoms with Gasteiger partial charge in [-0.1, -0.05) is 6.92 Å². The largest absolute Gasteiger partial charge is 0.473 e. The number of rotatable bonds is 8. The summed E-state index contributed by atoms with van der Waals surface area (Å²) in [6.45, 7) is 3.49. The minimum absolute atomic E-state index is 0.0316. The van der Waals surface area contributed by atoms with E-state index in [-0.39, 0.29) is 12.7 Å². The molecule has 2 N–H and O–H groups in total. The van der Waals surface area contributed by atoms with Crippen LogP contribution in [0.1, 0.15) is 30.9 Å². The summed E-state index contributed by atoms with van der Waals surface area (Å²) in [6.07, 6.45) is 5.63. The van der Waals surface area contributed by atoms with E-state index in [2.05, 4.69) is 26.3 Å². The predicted molar refractivity (Wildman–Crippen MR) is 138 cm³/mol. The van der Waals surface area contributed by atoms with Crippen LogP contribution in [0.25, 0.3) is 11.3 Å². The van der Waals surface area contributed by atoms with E-state index < -0.39 is 5.41 Å². The van der Waals surface area contributed by atoms with Gasteiger partial charge in [-0.25, -0.2) is 15.0 Å². The van der Waals surface area contributed by atoms with Crippen LogP contribution < -0.4 is 14.9 Å². The summed E-state index contributed by atoms with van der Waals surface area (Å²) >= 11 is 0. The molecule has 1 fully saturated rings. The third kappa shape index (κ3) is 4.98. The van der Waals surface area contributed by atoms with E-state index >= 15 is 0 Å². The topological polar surface area (TPSA) is 133 Å². The molecular formula is C26H26BN6O4. The number of aliphatic hydroxyl groups is 1. The first-order valence-corrected chi connectivity index (χ1v) is 12.1. The second-order valence-electron chi connectivity index (χ2n) is 9.34. The zero-order chi connectivity index (χ0) is 25.8. The molecule has 3 aromatic rings. The maximum absolute atomic E-state index is 11.2. The van der Waals surface area contributed by atoms with Crippen molar-refractivity contribution < 1.29 is 19.4 Å². The lowest BCUT2D eigenvalue weighted by Crippen LogP contribution is -2.36. The molecule has 2 aliphatic rings. The van der Waals surface area contributed by atoms with E-state index in [1.54, 1.807) is 35.4 Å². The molecule has 1 radical (unpaired) electrons. The highest BCUT2D eigenvalue weighted by Crippen LogP contribution is 2.44. The molecule has 5 rings (SSSR count). The number of aromatic nitrogens is 3. The van der Waals surface area contributed by atoms with E-state index in [0.717, 1.165) is 18.4 Å². The van der Waals surface area contributed by atoms with Crippen LogP contribution in [-0.2, 0) is 14.9 Å². The number of nitriles is 1. The van der Waals surface area contributed by atoms with Crippen molar-refractivity contribution in [2.75, 3.05) is 36.5 Å². The highest BCUT2D eigenvalue weighted by molar-refractivity contribution is 6.70. The lowest BCUT2D eigenvalue weighted by atomic mass is 9.83. The maximum atomic E-state index is 11.2. The zero-order valence-corrected chi connectivity index (χ0v) is 20.4. The molecule has 11 heteroatoms. The van der Waals surface area contributed by atoms with Crippen molar-refractivity contribution >= 4 is 30.9 Å². The van der Waals surface area contributed by atoms with Crippen molar-refractivity contribution in [3.8, 4) is 23.2 Å². The highest BCUT2D eigenvalue weighted by Gasteiger charge is 2.40. The molecule has 0 amide bonds. The van der Waals surface area contributed by atoms with Crippen LogP contribution >= 0.6 is 0 Å². The fourth-order valence-electron chi connectivity index (χ4n) is 4.74. The Hall–Kier alpha value is -4.01. The van der Waals surface area contributed by atoms with Crippen LogP contribution in [-0.4, -0.2) is 66.1 Å². The van der Waals surface area contributed by atoms with Gasteiger partial charge >= 0.3 is 7.41 Å². The quantitative estimate of drug-likeness (QED) is 0.353. The second kappa shape index (κ2) is 10.5. The Morgan fingerprint density at radius 2 is 2.16 bits per heavy atom. The summed E-state index contributed by atoms with van der Waals surface area (Å²) in [5, 5.41) is 23.3. The Morgan fingerprint density at radius 3 is 2.92 bits per heavy atom. The molecule has 4 heterocycles. The summed E-state index contributed by atoms with van der Waals surface area (Å²) in [7, 11) is 1.39. The predicted octanol–water partition coefficient (Wildman–Crippen LogP) is 2.59. The third-order valence-electron chi connectivity index (χ3n) is 6.69. The van der Waals surface area contributed by atoms with Gasteiger partial charge in [0.05, 0.1) is 31.1 Å². The number of benzene rings is 1. The number of hydrogen-bond acceptors (Lipinski definition) is 10. The van der Waals surface area contributed by atoms with Crippen molar-refractivity contribution in [2.24, 2.45) is 0 Å². The second-order valence-corrected chi connectivity index (χ2v) is 9.34. The smallest absolute Gasteiger partial charge is 0.329 e. The summed E-state index contributed by atoms with van der Waals surface area (Å²) in [5.41, 5.74) is 3.13. The SMILES string of the molecule is C[C@]1(CO)CN([B]C=O)c2c(C#N)cc(-c3ccnc(Nc4cccnc4OC4CCOCC4)n3)cc21. The molecule has 1 atom stereocenters. The number of hydrogen-bond donors (Lipinski definition) is 2. The number of nitrogens with zero attached hydrogens (tertiary/aromatic N) is 5. The first-order chi connectivity index (χ1) is 18.0. The fraction of sp³-hybridized carbons (Fsp3) is 0.346. The Kier molecular flexibility index (Phi) is 7.03. The van der Waals surface area contributed by atoms with Crippen LogP contribution in [0, 0.1) is 11.3 Å². The first kappa shape index (κ1) is 24.7. The van der Waals surface area contributed by atoms with Gasteiger partial charge in [-0.3, -0.25) is 0 Å². The first-order valence-electron chi connectivity index (χ1n) is 12.1. The number of anilines is 3. The average Bonchev–Trinajstić information content (AvgIpc) is 3.22. The van der Waals surface area contributed by atoms with Crippen molar-refractivity contribution in [1.29, 1.82) is 5.26 Å². The van der Waals surface area contributed by atoms with Gasteiger partial charge in [-0.15, -0.1) is 0 Å². The number of ether oxygens (including phenoxy) is 2. The number of pyridine rings is 1. The molecular weight excluding hydrogens is 471 g/mol. The number of nitrogens with one attached hydrogen (secondary N) is 1. The minimum atomic E-state index is -0.642.